The fraction of sp³-hybridized carbons (Fsp3) is 0.714. The normalized spacial score (nSPS) is 22.6. The molecular formula is C14H10F14. The number of rotatable bonds is 4. The van der Waals surface area contributed by atoms with E-state index < -0.39 is 72.9 Å². The molecule has 164 valence electrons. The fourth-order valence-electron chi connectivity index (χ4n) is 2.42. The summed E-state index contributed by atoms with van der Waals surface area (Å²) in [6.07, 6.45) is -17.3. The van der Waals surface area contributed by atoms with Crippen molar-refractivity contribution in [3.8, 4) is 0 Å². The molecule has 14 heteroatoms. The number of allylic oxidation sites excluding steroid dienone is 4. The van der Waals surface area contributed by atoms with Crippen LogP contribution in [0.1, 0.15) is 25.7 Å². The summed E-state index contributed by atoms with van der Waals surface area (Å²) in [5.41, 5.74) is -5.60. The minimum absolute atomic E-state index is 0.865. The van der Waals surface area contributed by atoms with Gasteiger partial charge in [-0.05, 0) is 25.7 Å². The number of halogens is 14. The van der Waals surface area contributed by atoms with Gasteiger partial charge in [0.1, 0.15) is 0 Å². The molecule has 0 aromatic heterocycles. The lowest BCUT2D eigenvalue weighted by molar-refractivity contribution is -0.351. The van der Waals surface area contributed by atoms with Gasteiger partial charge in [0.15, 0.2) is 0 Å². The number of alkyl halides is 14. The lowest BCUT2D eigenvalue weighted by atomic mass is 9.84. The topological polar surface area (TPSA) is 0 Å². The molecule has 0 bridgehead atoms. The summed E-state index contributed by atoms with van der Waals surface area (Å²) in [5, 5.41) is 0. The summed E-state index contributed by atoms with van der Waals surface area (Å²) < 4.78 is 183. The molecule has 0 aromatic carbocycles. The predicted octanol–water partition coefficient (Wildman–Crippen LogP) is 7.08. The van der Waals surface area contributed by atoms with E-state index in [0.29, 0.717) is 0 Å². The van der Waals surface area contributed by atoms with Gasteiger partial charge < -0.3 is 0 Å². The van der Waals surface area contributed by atoms with Crippen LogP contribution in [0, 0.1) is 0 Å². The van der Waals surface area contributed by atoms with Crippen molar-refractivity contribution >= 4 is 0 Å². The molecule has 0 unspecified atom stereocenters. The molecular weight excluding hydrogens is 434 g/mol. The first-order valence-electron chi connectivity index (χ1n) is 7.25. The van der Waals surface area contributed by atoms with Crippen LogP contribution in [-0.2, 0) is 0 Å². The van der Waals surface area contributed by atoms with Crippen molar-refractivity contribution in [3.05, 3.63) is 23.3 Å². The van der Waals surface area contributed by atoms with Gasteiger partial charge in [-0.25, -0.2) is 0 Å². The van der Waals surface area contributed by atoms with Crippen LogP contribution >= 0.6 is 0 Å². The van der Waals surface area contributed by atoms with Crippen molar-refractivity contribution in [1.29, 1.82) is 0 Å². The first kappa shape index (κ1) is 24.5. The Balaban J connectivity index is 3.80. The highest BCUT2D eigenvalue weighted by molar-refractivity contribution is 5.34. The average molecular weight is 444 g/mol. The third-order valence-electron chi connectivity index (χ3n) is 3.91. The van der Waals surface area contributed by atoms with Crippen molar-refractivity contribution in [2.24, 2.45) is 0 Å². The average Bonchev–Trinajstić information content (AvgIpc) is 2.43. The van der Waals surface area contributed by atoms with Crippen LogP contribution in [0.5, 0.6) is 0 Å². The van der Waals surface area contributed by atoms with Crippen LogP contribution < -0.4 is 0 Å². The maximum Gasteiger partial charge on any atom is 0.460 e. The van der Waals surface area contributed by atoms with Gasteiger partial charge in [0.2, 0.25) is 0 Å². The summed E-state index contributed by atoms with van der Waals surface area (Å²) in [6, 6.07) is 0. The lowest BCUT2D eigenvalue weighted by Gasteiger charge is -2.36. The van der Waals surface area contributed by atoms with Crippen molar-refractivity contribution < 1.29 is 61.5 Å². The molecule has 1 aliphatic carbocycles. The van der Waals surface area contributed by atoms with E-state index in [1.807, 2.05) is 0 Å². The summed E-state index contributed by atoms with van der Waals surface area (Å²) in [6.45, 7) is 0. The second-order valence-corrected chi connectivity index (χ2v) is 5.80. The quantitative estimate of drug-likeness (QED) is 0.321. The van der Waals surface area contributed by atoms with Gasteiger partial charge in [-0.2, -0.15) is 61.5 Å². The molecule has 0 fully saturated rings. The van der Waals surface area contributed by atoms with Gasteiger partial charge >= 0.3 is 36.0 Å². The zero-order valence-electron chi connectivity index (χ0n) is 13.3. The van der Waals surface area contributed by atoms with Gasteiger partial charge in [-0.15, -0.1) is 0 Å². The summed E-state index contributed by atoms with van der Waals surface area (Å²) >= 11 is 0. The molecule has 0 spiro atoms. The fourth-order valence-corrected chi connectivity index (χ4v) is 2.42. The lowest BCUT2D eigenvalue weighted by Crippen LogP contribution is -2.56. The van der Waals surface area contributed by atoms with Crippen LogP contribution in [0.4, 0.5) is 61.5 Å². The molecule has 0 aliphatic heterocycles. The van der Waals surface area contributed by atoms with Gasteiger partial charge in [0, 0.05) is 11.1 Å². The van der Waals surface area contributed by atoms with Gasteiger partial charge in [-0.3, -0.25) is 0 Å². The summed E-state index contributed by atoms with van der Waals surface area (Å²) in [4.78, 5) is 0. The SMILES string of the molecule is FC(F)(F)C(F)(F)C(F)(F)/C1=C(\C(F)(F)C(F)(F)C(F)(F)F)CC/C=C\CC1. The Hall–Kier alpha value is -1.50. The van der Waals surface area contributed by atoms with Crippen LogP contribution in [0.3, 0.4) is 0 Å². The third-order valence-corrected chi connectivity index (χ3v) is 3.91. The number of hydrogen-bond acceptors (Lipinski definition) is 0. The molecule has 0 amide bonds. The van der Waals surface area contributed by atoms with Gasteiger partial charge in [0.05, 0.1) is 0 Å². The van der Waals surface area contributed by atoms with E-state index in [0.717, 1.165) is 12.2 Å². The molecule has 0 nitrogen and oxygen atoms in total. The molecule has 0 N–H and O–H groups in total. The monoisotopic (exact) mass is 444 g/mol. The Morgan fingerprint density at radius 1 is 0.464 bits per heavy atom. The van der Waals surface area contributed by atoms with E-state index in [1.54, 1.807) is 0 Å². The zero-order chi connectivity index (χ0) is 22.4. The maximum atomic E-state index is 14.0. The molecule has 1 rings (SSSR count). The molecule has 0 aromatic rings. The first-order chi connectivity index (χ1) is 12.2. The highest BCUT2D eigenvalue weighted by Gasteiger charge is 2.78. The Morgan fingerprint density at radius 3 is 0.929 bits per heavy atom. The third kappa shape index (κ3) is 3.82. The summed E-state index contributed by atoms with van der Waals surface area (Å²) in [7, 11) is 0. The molecule has 0 saturated heterocycles. The van der Waals surface area contributed by atoms with Crippen molar-refractivity contribution in [2.75, 3.05) is 0 Å². The van der Waals surface area contributed by atoms with Crippen LogP contribution in [-0.4, -0.2) is 36.0 Å². The van der Waals surface area contributed by atoms with E-state index >= 15 is 0 Å². The minimum atomic E-state index is -6.99. The van der Waals surface area contributed by atoms with Crippen molar-refractivity contribution in [1.82, 2.24) is 0 Å². The Bertz CT molecular complexity index is 577. The number of hydrogen-bond donors (Lipinski definition) is 0. The van der Waals surface area contributed by atoms with Gasteiger partial charge in [-0.1, -0.05) is 12.2 Å². The zero-order valence-corrected chi connectivity index (χ0v) is 13.3. The standard InChI is InChI=1S/C14H10F14/c15-9(16,11(19,20)13(23,24)25)7-5-3-1-2-4-6-8(7)10(17,18)12(21,22)14(26,27)28/h1-2H,3-6H2/b2-1-,8-7-. The molecule has 0 atom stereocenters. The van der Waals surface area contributed by atoms with Crippen LogP contribution in [0.15, 0.2) is 23.3 Å². The largest absolute Gasteiger partial charge is 0.460 e. The van der Waals surface area contributed by atoms with Crippen LogP contribution in [0.2, 0.25) is 0 Å². The van der Waals surface area contributed by atoms with Gasteiger partial charge in [0.25, 0.3) is 0 Å². The second-order valence-electron chi connectivity index (χ2n) is 5.80. The Labute approximate surface area is 147 Å². The Morgan fingerprint density at radius 2 is 0.714 bits per heavy atom. The minimum Gasteiger partial charge on any atom is -0.194 e. The van der Waals surface area contributed by atoms with Crippen molar-refractivity contribution in [3.63, 3.8) is 0 Å². The molecule has 0 saturated carbocycles. The predicted molar refractivity (Wildman–Crippen MR) is 66.5 cm³/mol. The van der Waals surface area contributed by atoms with E-state index in [4.69, 9.17) is 0 Å². The van der Waals surface area contributed by atoms with E-state index in [1.165, 1.54) is 0 Å². The molecule has 0 radical (unpaired) electrons. The highest BCUT2D eigenvalue weighted by atomic mass is 19.4. The first-order valence-corrected chi connectivity index (χ1v) is 7.25. The van der Waals surface area contributed by atoms with E-state index in [2.05, 4.69) is 0 Å². The molecule has 0 heterocycles. The van der Waals surface area contributed by atoms with Crippen LogP contribution in [0.25, 0.3) is 0 Å². The Kier molecular flexibility index (Phi) is 6.20. The van der Waals surface area contributed by atoms with Crippen molar-refractivity contribution in [2.45, 2.75) is 61.7 Å². The maximum absolute atomic E-state index is 14.0. The smallest absolute Gasteiger partial charge is 0.194 e. The summed E-state index contributed by atoms with van der Waals surface area (Å²) in [5.74, 6) is -27.0. The highest BCUT2D eigenvalue weighted by Crippen LogP contribution is 2.57. The molecule has 28 heavy (non-hydrogen) atoms. The van der Waals surface area contributed by atoms with E-state index in [-0.39, 0.29) is 0 Å². The van der Waals surface area contributed by atoms with E-state index in [9.17, 15) is 61.5 Å². The second kappa shape index (κ2) is 7.08. The molecule has 1 aliphatic rings.